The summed E-state index contributed by atoms with van der Waals surface area (Å²) in [6.07, 6.45) is 0.616. The Morgan fingerprint density at radius 2 is 1.85 bits per heavy atom. The number of nitrogens with zero attached hydrogens (tertiary/aromatic N) is 2. The second-order valence-electron chi connectivity index (χ2n) is 6.02. The second-order valence-corrected chi connectivity index (χ2v) is 6.86. The zero-order valence-electron chi connectivity index (χ0n) is 15.1. The van der Waals surface area contributed by atoms with Crippen LogP contribution >= 0.6 is 23.2 Å². The van der Waals surface area contributed by atoms with Crippen LogP contribution in [0.2, 0.25) is 10.0 Å². The Morgan fingerprint density at radius 3 is 2.44 bits per heavy atom. The van der Waals surface area contributed by atoms with Crippen molar-refractivity contribution in [2.24, 2.45) is 0 Å². The molecule has 0 fully saturated rings. The van der Waals surface area contributed by atoms with E-state index in [1.807, 2.05) is 38.1 Å². The molecule has 7 heteroatoms. The molecule has 0 unspecified atom stereocenters. The summed E-state index contributed by atoms with van der Waals surface area (Å²) in [7, 11) is 0. The molecule has 0 atom stereocenters. The summed E-state index contributed by atoms with van der Waals surface area (Å²) in [5, 5.41) is 5.47. The Labute approximate surface area is 167 Å². The second kappa shape index (κ2) is 8.03. The van der Waals surface area contributed by atoms with Crippen molar-refractivity contribution in [2.45, 2.75) is 27.2 Å². The third-order valence-electron chi connectivity index (χ3n) is 4.00. The lowest BCUT2D eigenvalue weighted by atomic mass is 10.0. The minimum atomic E-state index is -0.562. The highest BCUT2D eigenvalue weighted by molar-refractivity contribution is 6.35. The molecular weight excluding hydrogens is 387 g/mol. The van der Waals surface area contributed by atoms with Gasteiger partial charge >= 0.3 is 5.97 Å². The van der Waals surface area contributed by atoms with E-state index in [-0.39, 0.29) is 5.88 Å². The number of halogens is 2. The number of aryl methyl sites for hydroxylation is 1. The van der Waals surface area contributed by atoms with Gasteiger partial charge in [0.05, 0.1) is 16.4 Å². The van der Waals surface area contributed by atoms with E-state index >= 15 is 0 Å². The maximum Gasteiger partial charge on any atom is 0.352 e. The van der Waals surface area contributed by atoms with E-state index in [1.54, 1.807) is 22.9 Å². The normalized spacial score (nSPS) is 10.7. The smallest absolute Gasteiger partial charge is 0.264 e. The molecular formula is C20H18Cl2N2O3. The summed E-state index contributed by atoms with van der Waals surface area (Å²) in [6.45, 7) is 5.26. The standard InChI is InChI=1S/C20H18Cl2N2O3/c1-4-16-19(14-7-5-12(2)6-8-14)24(23-20(16)27-26-13(3)25)18-10-9-15(21)11-17(18)22/h5-11H,4H2,1-3H3. The lowest BCUT2D eigenvalue weighted by Crippen LogP contribution is -2.05. The van der Waals surface area contributed by atoms with Gasteiger partial charge in [-0.25, -0.2) is 14.4 Å². The fraction of sp³-hybridized carbons (Fsp3) is 0.200. The van der Waals surface area contributed by atoms with Crippen LogP contribution in [0, 0.1) is 6.92 Å². The average molecular weight is 405 g/mol. The van der Waals surface area contributed by atoms with Crippen LogP contribution < -0.4 is 4.89 Å². The number of rotatable bonds is 5. The Hall–Kier alpha value is -2.50. The molecule has 0 N–H and O–H groups in total. The largest absolute Gasteiger partial charge is 0.352 e. The Morgan fingerprint density at radius 1 is 1.15 bits per heavy atom. The molecule has 3 aromatic rings. The summed E-state index contributed by atoms with van der Waals surface area (Å²) in [6, 6.07) is 13.2. The van der Waals surface area contributed by atoms with Crippen molar-refractivity contribution in [2.75, 3.05) is 0 Å². The predicted molar refractivity (Wildman–Crippen MR) is 106 cm³/mol. The van der Waals surface area contributed by atoms with Crippen molar-refractivity contribution >= 4 is 29.2 Å². The maximum absolute atomic E-state index is 11.2. The highest BCUT2D eigenvalue weighted by atomic mass is 35.5. The molecule has 0 amide bonds. The summed E-state index contributed by atoms with van der Waals surface area (Å²) >= 11 is 12.4. The van der Waals surface area contributed by atoms with Gasteiger partial charge in [0, 0.05) is 23.1 Å². The van der Waals surface area contributed by atoms with Crippen LogP contribution in [0.4, 0.5) is 0 Å². The van der Waals surface area contributed by atoms with Crippen molar-refractivity contribution in [3.63, 3.8) is 0 Å². The van der Waals surface area contributed by atoms with Gasteiger partial charge in [0.1, 0.15) is 0 Å². The fourth-order valence-corrected chi connectivity index (χ4v) is 3.24. The molecule has 0 radical (unpaired) electrons. The molecule has 140 valence electrons. The molecule has 0 saturated carbocycles. The molecule has 1 heterocycles. The van der Waals surface area contributed by atoms with Crippen LogP contribution in [0.25, 0.3) is 16.9 Å². The quantitative estimate of drug-likeness (QED) is 0.411. The molecule has 0 aliphatic heterocycles. The van der Waals surface area contributed by atoms with Crippen molar-refractivity contribution in [1.82, 2.24) is 9.78 Å². The molecule has 0 aliphatic carbocycles. The van der Waals surface area contributed by atoms with E-state index in [0.29, 0.717) is 22.2 Å². The van der Waals surface area contributed by atoms with Crippen LogP contribution in [-0.2, 0) is 16.1 Å². The van der Waals surface area contributed by atoms with Crippen molar-refractivity contribution in [3.05, 3.63) is 63.6 Å². The summed E-state index contributed by atoms with van der Waals surface area (Å²) < 4.78 is 1.68. The lowest BCUT2D eigenvalue weighted by molar-refractivity contribution is -0.212. The number of hydrogen-bond acceptors (Lipinski definition) is 4. The van der Waals surface area contributed by atoms with Gasteiger partial charge in [-0.3, -0.25) is 4.89 Å². The molecule has 2 aromatic carbocycles. The predicted octanol–water partition coefficient (Wildman–Crippen LogP) is 5.57. The minimum absolute atomic E-state index is 0.217. The van der Waals surface area contributed by atoms with Gasteiger partial charge in [-0.05, 0) is 31.5 Å². The SMILES string of the molecule is CCc1c(OOC(C)=O)nn(-c2ccc(Cl)cc2Cl)c1-c1ccc(C)cc1. The molecule has 27 heavy (non-hydrogen) atoms. The lowest BCUT2D eigenvalue weighted by Gasteiger charge is -2.11. The van der Waals surface area contributed by atoms with Gasteiger partial charge in [0.25, 0.3) is 5.88 Å². The zero-order chi connectivity index (χ0) is 19.6. The maximum atomic E-state index is 11.2. The van der Waals surface area contributed by atoms with Gasteiger partial charge in [-0.1, -0.05) is 60.0 Å². The highest BCUT2D eigenvalue weighted by Gasteiger charge is 2.23. The first kappa shape index (κ1) is 19.3. The molecule has 3 rings (SSSR count). The van der Waals surface area contributed by atoms with E-state index in [1.165, 1.54) is 6.92 Å². The first-order valence-corrected chi connectivity index (χ1v) is 9.15. The van der Waals surface area contributed by atoms with Crippen LogP contribution in [-0.4, -0.2) is 15.7 Å². The first-order valence-electron chi connectivity index (χ1n) is 8.40. The third-order valence-corrected chi connectivity index (χ3v) is 4.54. The molecule has 5 nitrogen and oxygen atoms in total. The summed E-state index contributed by atoms with van der Waals surface area (Å²) in [5.41, 5.74) is 4.33. The minimum Gasteiger partial charge on any atom is -0.264 e. The average Bonchev–Trinajstić information content (AvgIpc) is 2.99. The van der Waals surface area contributed by atoms with E-state index < -0.39 is 5.97 Å². The molecule has 0 saturated heterocycles. The third kappa shape index (κ3) is 4.10. The fourth-order valence-electron chi connectivity index (χ4n) is 2.75. The molecule has 0 aliphatic rings. The Kier molecular flexibility index (Phi) is 5.73. The van der Waals surface area contributed by atoms with Crippen molar-refractivity contribution < 1.29 is 14.6 Å². The van der Waals surface area contributed by atoms with E-state index in [0.717, 1.165) is 22.4 Å². The topological polar surface area (TPSA) is 53.4 Å². The highest BCUT2D eigenvalue weighted by Crippen LogP contribution is 2.36. The number of aromatic nitrogens is 2. The first-order chi connectivity index (χ1) is 12.9. The zero-order valence-corrected chi connectivity index (χ0v) is 16.6. The summed E-state index contributed by atoms with van der Waals surface area (Å²) in [4.78, 5) is 21.1. The van der Waals surface area contributed by atoms with E-state index in [4.69, 9.17) is 33.0 Å². The van der Waals surface area contributed by atoms with Crippen LogP contribution in [0.5, 0.6) is 5.88 Å². The van der Waals surface area contributed by atoms with Gasteiger partial charge < -0.3 is 0 Å². The van der Waals surface area contributed by atoms with Gasteiger partial charge in [-0.2, -0.15) is 0 Å². The number of benzene rings is 2. The van der Waals surface area contributed by atoms with Crippen LogP contribution in [0.3, 0.4) is 0 Å². The monoisotopic (exact) mass is 404 g/mol. The number of carbonyl (C=O) groups is 1. The van der Waals surface area contributed by atoms with Crippen LogP contribution in [0.1, 0.15) is 25.0 Å². The van der Waals surface area contributed by atoms with Gasteiger partial charge in [0.2, 0.25) is 0 Å². The molecule has 0 bridgehead atoms. The molecule has 1 aromatic heterocycles. The van der Waals surface area contributed by atoms with Gasteiger partial charge in [-0.15, -0.1) is 5.10 Å². The Balaban J connectivity index is 2.23. The Bertz CT molecular complexity index is 982. The van der Waals surface area contributed by atoms with Crippen molar-refractivity contribution in [1.29, 1.82) is 0 Å². The van der Waals surface area contributed by atoms with Crippen LogP contribution in [0.15, 0.2) is 42.5 Å². The van der Waals surface area contributed by atoms with E-state index in [9.17, 15) is 4.79 Å². The number of carbonyl (C=O) groups excluding carboxylic acids is 1. The molecule has 0 spiro atoms. The van der Waals surface area contributed by atoms with Crippen molar-refractivity contribution in [3.8, 4) is 22.8 Å². The summed E-state index contributed by atoms with van der Waals surface area (Å²) in [5.74, 6) is -0.345. The number of hydrogen-bond donors (Lipinski definition) is 0. The van der Waals surface area contributed by atoms with Gasteiger partial charge in [0.15, 0.2) is 0 Å². The van der Waals surface area contributed by atoms with E-state index in [2.05, 4.69) is 5.10 Å².